The number of aliphatic hydroxyl groups is 1. The van der Waals surface area contributed by atoms with Gasteiger partial charge in [0.05, 0.1) is 12.4 Å². The van der Waals surface area contributed by atoms with Crippen molar-refractivity contribution in [1.29, 1.82) is 0 Å². The first-order valence-corrected chi connectivity index (χ1v) is 3.22. The summed E-state index contributed by atoms with van der Waals surface area (Å²) in [5.74, 6) is 0. The van der Waals surface area contributed by atoms with E-state index in [1.54, 1.807) is 6.92 Å². The molecule has 0 aliphatic rings. The van der Waals surface area contributed by atoms with Gasteiger partial charge in [0, 0.05) is 0 Å². The molecule has 5 N–H and O–H groups in total. The highest BCUT2D eigenvalue weighted by Crippen LogP contribution is 2.02. The molecule has 0 spiro atoms. The molecule has 0 bridgehead atoms. The van der Waals surface area contributed by atoms with E-state index in [4.69, 9.17) is 16.6 Å². The molecule has 0 saturated carbocycles. The van der Waals surface area contributed by atoms with Crippen molar-refractivity contribution in [2.24, 2.45) is 11.5 Å². The summed E-state index contributed by atoms with van der Waals surface area (Å²) in [4.78, 5) is 0. The van der Waals surface area contributed by atoms with Gasteiger partial charge in [-0.15, -0.1) is 5.10 Å². The van der Waals surface area contributed by atoms with Gasteiger partial charge >= 0.3 is 0 Å². The Labute approximate surface area is 63.8 Å². The van der Waals surface area contributed by atoms with Gasteiger partial charge in [-0.2, -0.15) is 0 Å². The molecule has 1 aromatic heterocycles. The summed E-state index contributed by atoms with van der Waals surface area (Å²) in [7, 11) is 0. The van der Waals surface area contributed by atoms with Gasteiger partial charge in [-0.05, 0) is 6.92 Å². The largest absolute Gasteiger partial charge is 0.373 e. The van der Waals surface area contributed by atoms with E-state index in [0.717, 1.165) is 0 Å². The summed E-state index contributed by atoms with van der Waals surface area (Å²) in [6.07, 6.45) is 0.174. The molecule has 1 rings (SSSR count). The smallest absolute Gasteiger partial charge is 0.149 e. The molecule has 0 saturated heterocycles. The van der Waals surface area contributed by atoms with Crippen LogP contribution in [0.1, 0.15) is 25.0 Å². The van der Waals surface area contributed by atoms with Gasteiger partial charge in [-0.1, -0.05) is 5.21 Å². The molecule has 1 heterocycles. The number of nitrogens with zero attached hydrogens (tertiary/aromatic N) is 3. The maximum absolute atomic E-state index is 8.84. The van der Waals surface area contributed by atoms with Crippen LogP contribution in [0.15, 0.2) is 6.20 Å². The third-order valence-corrected chi connectivity index (χ3v) is 1.25. The van der Waals surface area contributed by atoms with Crippen LogP contribution in [0, 0.1) is 0 Å². The van der Waals surface area contributed by atoms with E-state index in [9.17, 15) is 0 Å². The molecule has 0 fully saturated rings. The first-order chi connectivity index (χ1) is 5.11. The summed E-state index contributed by atoms with van der Waals surface area (Å²) in [6, 6.07) is 0. The fraction of sp³-hybridized carbons (Fsp3) is 0.600. The number of hydrogen-bond donors (Lipinski definition) is 3. The molecule has 62 valence electrons. The van der Waals surface area contributed by atoms with E-state index in [-0.39, 0.29) is 6.17 Å². The Morgan fingerprint density at radius 1 is 1.64 bits per heavy atom. The van der Waals surface area contributed by atoms with E-state index >= 15 is 0 Å². The highest BCUT2D eigenvalue weighted by Gasteiger charge is 2.07. The summed E-state index contributed by atoms with van der Waals surface area (Å²) in [5.41, 5.74) is 10.9. The van der Waals surface area contributed by atoms with Gasteiger partial charge in [-0.3, -0.25) is 0 Å². The van der Waals surface area contributed by atoms with Gasteiger partial charge in [0.25, 0.3) is 0 Å². The molecule has 0 aliphatic heterocycles. The van der Waals surface area contributed by atoms with Crippen molar-refractivity contribution >= 4 is 0 Å². The first kappa shape index (κ1) is 8.12. The van der Waals surface area contributed by atoms with Crippen LogP contribution in [-0.4, -0.2) is 20.1 Å². The molecule has 6 nitrogen and oxygen atoms in total. The number of rotatable bonds is 2. The van der Waals surface area contributed by atoms with Crippen LogP contribution in [0.5, 0.6) is 0 Å². The number of hydrogen-bond acceptors (Lipinski definition) is 5. The standard InChI is InChI=1S/C5H11N5O/c1-3(6)10-2-4(5(7)11)8-9-10/h2-3,5,11H,6-7H2,1H3. The molecule has 11 heavy (non-hydrogen) atoms. The van der Waals surface area contributed by atoms with Gasteiger partial charge in [0.1, 0.15) is 11.9 Å². The van der Waals surface area contributed by atoms with Gasteiger partial charge in [-0.25, -0.2) is 4.68 Å². The molecule has 0 radical (unpaired) electrons. The monoisotopic (exact) mass is 157 g/mol. The molecular formula is C5H11N5O. The Bertz CT molecular complexity index is 208. The molecule has 2 unspecified atom stereocenters. The summed E-state index contributed by atoms with van der Waals surface area (Å²) in [5, 5.41) is 16.1. The Kier molecular flexibility index (Phi) is 2.18. The van der Waals surface area contributed by atoms with E-state index in [1.165, 1.54) is 10.9 Å². The lowest BCUT2D eigenvalue weighted by Gasteiger charge is -2.01. The average Bonchev–Trinajstić information content (AvgIpc) is 2.33. The van der Waals surface area contributed by atoms with E-state index < -0.39 is 6.23 Å². The van der Waals surface area contributed by atoms with Crippen molar-refractivity contribution in [2.45, 2.75) is 19.3 Å². The zero-order valence-corrected chi connectivity index (χ0v) is 6.18. The molecule has 2 atom stereocenters. The van der Waals surface area contributed by atoms with Crippen LogP contribution in [0.4, 0.5) is 0 Å². The number of aromatic nitrogens is 3. The lowest BCUT2D eigenvalue weighted by Crippen LogP contribution is -2.15. The Morgan fingerprint density at radius 3 is 2.55 bits per heavy atom. The molecule has 6 heteroatoms. The van der Waals surface area contributed by atoms with Crippen LogP contribution in [0.25, 0.3) is 0 Å². The maximum Gasteiger partial charge on any atom is 0.149 e. The summed E-state index contributed by atoms with van der Waals surface area (Å²) >= 11 is 0. The highest BCUT2D eigenvalue weighted by molar-refractivity contribution is 4.95. The fourth-order valence-corrected chi connectivity index (χ4v) is 0.625. The van der Waals surface area contributed by atoms with Crippen molar-refractivity contribution in [3.05, 3.63) is 11.9 Å². The predicted octanol–water partition coefficient (Wildman–Crippen LogP) is -1.30. The van der Waals surface area contributed by atoms with Crippen molar-refractivity contribution < 1.29 is 5.11 Å². The number of aliphatic hydroxyl groups excluding tert-OH is 1. The normalized spacial score (nSPS) is 16.4. The second-order valence-electron chi connectivity index (χ2n) is 2.31. The second-order valence-corrected chi connectivity index (χ2v) is 2.31. The van der Waals surface area contributed by atoms with Crippen LogP contribution in [-0.2, 0) is 0 Å². The van der Waals surface area contributed by atoms with Crippen LogP contribution in [0.3, 0.4) is 0 Å². The van der Waals surface area contributed by atoms with Crippen molar-refractivity contribution in [3.63, 3.8) is 0 Å². The third kappa shape index (κ3) is 1.73. The first-order valence-electron chi connectivity index (χ1n) is 3.22. The van der Waals surface area contributed by atoms with E-state index in [0.29, 0.717) is 5.69 Å². The zero-order chi connectivity index (χ0) is 8.43. The molecular weight excluding hydrogens is 146 g/mol. The minimum atomic E-state index is -1.08. The maximum atomic E-state index is 8.84. The molecule has 1 aromatic rings. The van der Waals surface area contributed by atoms with E-state index in [2.05, 4.69) is 10.3 Å². The highest BCUT2D eigenvalue weighted by atomic mass is 16.3. The Morgan fingerprint density at radius 2 is 2.27 bits per heavy atom. The van der Waals surface area contributed by atoms with Crippen LogP contribution < -0.4 is 11.5 Å². The predicted molar refractivity (Wildman–Crippen MR) is 38.1 cm³/mol. The average molecular weight is 157 g/mol. The molecule has 0 aliphatic carbocycles. The third-order valence-electron chi connectivity index (χ3n) is 1.25. The lowest BCUT2D eigenvalue weighted by molar-refractivity contribution is 0.181. The quantitative estimate of drug-likeness (QED) is 0.463. The van der Waals surface area contributed by atoms with Gasteiger partial charge < -0.3 is 16.6 Å². The van der Waals surface area contributed by atoms with Crippen LogP contribution in [0.2, 0.25) is 0 Å². The van der Waals surface area contributed by atoms with Crippen LogP contribution >= 0.6 is 0 Å². The zero-order valence-electron chi connectivity index (χ0n) is 6.18. The van der Waals surface area contributed by atoms with E-state index in [1.807, 2.05) is 0 Å². The lowest BCUT2D eigenvalue weighted by atomic mass is 10.4. The topological polar surface area (TPSA) is 103 Å². The minimum Gasteiger partial charge on any atom is -0.373 e. The Hall–Kier alpha value is -0.980. The summed E-state index contributed by atoms with van der Waals surface area (Å²) < 4.78 is 1.42. The van der Waals surface area contributed by atoms with Crippen molar-refractivity contribution in [3.8, 4) is 0 Å². The second kappa shape index (κ2) is 2.95. The van der Waals surface area contributed by atoms with Gasteiger partial charge in [0.15, 0.2) is 0 Å². The molecule has 0 amide bonds. The minimum absolute atomic E-state index is 0.255. The van der Waals surface area contributed by atoms with Crippen molar-refractivity contribution in [1.82, 2.24) is 15.0 Å². The SMILES string of the molecule is CC(N)n1cc(C(N)O)nn1. The fourth-order valence-electron chi connectivity index (χ4n) is 0.625. The summed E-state index contributed by atoms with van der Waals surface area (Å²) in [6.45, 7) is 1.75. The number of nitrogens with two attached hydrogens (primary N) is 2. The Balaban J connectivity index is 2.82. The van der Waals surface area contributed by atoms with Crippen molar-refractivity contribution in [2.75, 3.05) is 0 Å². The van der Waals surface area contributed by atoms with Gasteiger partial charge in [0.2, 0.25) is 0 Å². The molecule has 0 aromatic carbocycles.